The number of carbonyl (C=O) groups excluding carboxylic acids is 1. The Bertz CT molecular complexity index is 1170. The van der Waals surface area contributed by atoms with E-state index >= 15 is 0 Å². The summed E-state index contributed by atoms with van der Waals surface area (Å²) in [6.07, 6.45) is 3.71. The van der Waals surface area contributed by atoms with Crippen LogP contribution in [0, 0.1) is 11.3 Å². The number of rotatable bonds is 4. The molecule has 0 bridgehead atoms. The van der Waals surface area contributed by atoms with Crippen LogP contribution in [0.15, 0.2) is 48.7 Å². The van der Waals surface area contributed by atoms with Gasteiger partial charge < -0.3 is 14.2 Å². The number of nitrogens with zero attached hydrogens (tertiary/aromatic N) is 3. The van der Waals surface area contributed by atoms with Crippen LogP contribution in [-0.2, 0) is 16.1 Å². The minimum absolute atomic E-state index is 0.0517. The second kappa shape index (κ2) is 8.93. The molecule has 0 aliphatic carbocycles. The van der Waals surface area contributed by atoms with Gasteiger partial charge in [-0.15, -0.1) is 0 Å². The van der Waals surface area contributed by atoms with Crippen molar-refractivity contribution in [1.29, 1.82) is 5.26 Å². The van der Waals surface area contributed by atoms with E-state index in [2.05, 4.69) is 6.07 Å². The average molecular weight is 440 g/mol. The van der Waals surface area contributed by atoms with Gasteiger partial charge in [-0.1, -0.05) is 47.5 Å². The lowest BCUT2D eigenvalue weighted by molar-refractivity contribution is -0.135. The molecule has 2 aromatic carbocycles. The lowest BCUT2D eigenvalue weighted by Crippen LogP contribution is -2.42. The van der Waals surface area contributed by atoms with Crippen LogP contribution in [0.2, 0.25) is 10.0 Å². The second-order valence-corrected chi connectivity index (χ2v) is 7.86. The number of para-hydroxylation sites is 1. The summed E-state index contributed by atoms with van der Waals surface area (Å²) in [5, 5.41) is 11.6. The molecule has 7 heteroatoms. The summed E-state index contributed by atoms with van der Waals surface area (Å²) >= 11 is 12.3. The van der Waals surface area contributed by atoms with Crippen LogP contribution in [0.25, 0.3) is 22.6 Å². The third-order valence-corrected chi connectivity index (χ3v) is 5.68. The number of fused-ring (bicyclic) bond motifs is 1. The molecule has 1 aliphatic rings. The van der Waals surface area contributed by atoms with E-state index in [0.29, 0.717) is 47.5 Å². The molecule has 3 aromatic rings. The molecule has 152 valence electrons. The zero-order valence-electron chi connectivity index (χ0n) is 16.1. The SMILES string of the molecule is N#C/C(=C/c1cn(CC(=O)N2CCOCC2)c2ccccc12)c1ccc(Cl)cc1Cl. The number of aromatic nitrogens is 1. The molecular weight excluding hydrogens is 421 g/mol. The van der Waals surface area contributed by atoms with Crippen molar-refractivity contribution < 1.29 is 9.53 Å². The van der Waals surface area contributed by atoms with Gasteiger partial charge >= 0.3 is 0 Å². The highest BCUT2D eigenvalue weighted by Gasteiger charge is 2.19. The first-order valence-corrected chi connectivity index (χ1v) is 10.3. The Morgan fingerprint density at radius 2 is 1.93 bits per heavy atom. The van der Waals surface area contributed by atoms with E-state index in [1.54, 1.807) is 24.3 Å². The fraction of sp³-hybridized carbons (Fsp3) is 0.217. The van der Waals surface area contributed by atoms with E-state index in [1.165, 1.54) is 0 Å². The number of hydrogen-bond donors (Lipinski definition) is 0. The predicted octanol–water partition coefficient (Wildman–Crippen LogP) is 4.87. The van der Waals surface area contributed by atoms with E-state index in [4.69, 9.17) is 27.9 Å². The maximum atomic E-state index is 12.7. The maximum absolute atomic E-state index is 12.7. The Labute approximate surface area is 184 Å². The summed E-state index contributed by atoms with van der Waals surface area (Å²) in [5.41, 5.74) is 2.83. The van der Waals surface area contributed by atoms with E-state index < -0.39 is 0 Å². The van der Waals surface area contributed by atoms with Crippen LogP contribution < -0.4 is 0 Å². The van der Waals surface area contributed by atoms with Crippen molar-refractivity contribution in [1.82, 2.24) is 9.47 Å². The van der Waals surface area contributed by atoms with Gasteiger partial charge in [0, 0.05) is 46.3 Å². The molecule has 1 fully saturated rings. The average Bonchev–Trinajstić information content (AvgIpc) is 3.10. The van der Waals surface area contributed by atoms with Crippen molar-refractivity contribution in [2.45, 2.75) is 6.54 Å². The van der Waals surface area contributed by atoms with Gasteiger partial charge in [-0.2, -0.15) is 5.26 Å². The maximum Gasteiger partial charge on any atom is 0.242 e. The molecule has 0 atom stereocenters. The second-order valence-electron chi connectivity index (χ2n) is 7.02. The van der Waals surface area contributed by atoms with Crippen molar-refractivity contribution in [3.05, 3.63) is 69.8 Å². The third kappa shape index (κ3) is 4.22. The number of allylic oxidation sites excluding steroid dienone is 1. The Morgan fingerprint density at radius 3 is 2.67 bits per heavy atom. The standard InChI is InChI=1S/C23H19Cl2N3O2/c24-18-5-6-19(21(25)12-18)16(13-26)11-17-14-28(22-4-2-1-3-20(17)22)15-23(29)27-7-9-30-10-8-27/h1-6,11-12,14H,7-10,15H2/b16-11-. The molecule has 1 saturated heterocycles. The van der Waals surface area contributed by atoms with Gasteiger partial charge in [-0.3, -0.25) is 4.79 Å². The minimum Gasteiger partial charge on any atom is -0.378 e. The number of benzene rings is 2. The number of morpholine rings is 1. The van der Waals surface area contributed by atoms with Crippen LogP contribution in [0.1, 0.15) is 11.1 Å². The van der Waals surface area contributed by atoms with Crippen LogP contribution in [0.3, 0.4) is 0 Å². The zero-order valence-corrected chi connectivity index (χ0v) is 17.7. The molecule has 2 heterocycles. The molecule has 30 heavy (non-hydrogen) atoms. The third-order valence-electron chi connectivity index (χ3n) is 5.13. The highest BCUT2D eigenvalue weighted by atomic mass is 35.5. The zero-order chi connectivity index (χ0) is 21.1. The number of halogens is 2. The summed E-state index contributed by atoms with van der Waals surface area (Å²) in [6, 6.07) is 15.1. The number of carbonyl (C=O) groups is 1. The minimum atomic E-state index is 0.0517. The van der Waals surface area contributed by atoms with Crippen molar-refractivity contribution >= 4 is 51.7 Å². The lowest BCUT2D eigenvalue weighted by Gasteiger charge is -2.27. The van der Waals surface area contributed by atoms with Crippen molar-refractivity contribution in [3.63, 3.8) is 0 Å². The van der Waals surface area contributed by atoms with Gasteiger partial charge in [0.15, 0.2) is 0 Å². The topological polar surface area (TPSA) is 58.3 Å². The molecule has 1 aromatic heterocycles. The van der Waals surface area contributed by atoms with E-state index in [0.717, 1.165) is 16.5 Å². The molecular formula is C23H19Cl2N3O2. The van der Waals surface area contributed by atoms with Gasteiger partial charge in [0.05, 0.1) is 29.9 Å². The fourth-order valence-electron chi connectivity index (χ4n) is 3.61. The first-order valence-electron chi connectivity index (χ1n) is 9.57. The van der Waals surface area contributed by atoms with Gasteiger partial charge in [-0.25, -0.2) is 0 Å². The van der Waals surface area contributed by atoms with Crippen LogP contribution in [0.5, 0.6) is 0 Å². The van der Waals surface area contributed by atoms with Crippen LogP contribution in [0.4, 0.5) is 0 Å². The van der Waals surface area contributed by atoms with Gasteiger partial charge in [0.25, 0.3) is 0 Å². The highest BCUT2D eigenvalue weighted by molar-refractivity contribution is 6.36. The smallest absolute Gasteiger partial charge is 0.242 e. The number of hydrogen-bond acceptors (Lipinski definition) is 3. The van der Waals surface area contributed by atoms with Gasteiger partial charge in [-0.05, 0) is 24.3 Å². The highest BCUT2D eigenvalue weighted by Crippen LogP contribution is 2.30. The lowest BCUT2D eigenvalue weighted by atomic mass is 10.0. The first kappa shape index (κ1) is 20.5. The molecule has 0 saturated carbocycles. The van der Waals surface area contributed by atoms with Gasteiger partial charge in [0.1, 0.15) is 6.54 Å². The quantitative estimate of drug-likeness (QED) is 0.544. The van der Waals surface area contributed by atoms with E-state index in [1.807, 2.05) is 39.9 Å². The predicted molar refractivity (Wildman–Crippen MR) is 119 cm³/mol. The molecule has 0 radical (unpaired) electrons. The molecule has 0 N–H and O–H groups in total. The largest absolute Gasteiger partial charge is 0.378 e. The van der Waals surface area contributed by atoms with Crippen molar-refractivity contribution in [3.8, 4) is 6.07 Å². The Kier molecular flexibility index (Phi) is 6.10. The van der Waals surface area contributed by atoms with Crippen molar-refractivity contribution in [2.24, 2.45) is 0 Å². The molecule has 1 aliphatic heterocycles. The normalized spacial score (nSPS) is 14.7. The van der Waals surface area contributed by atoms with Crippen LogP contribution in [-0.4, -0.2) is 41.7 Å². The molecule has 1 amide bonds. The molecule has 0 spiro atoms. The monoisotopic (exact) mass is 439 g/mol. The summed E-state index contributed by atoms with van der Waals surface area (Å²) in [6.45, 7) is 2.59. The summed E-state index contributed by atoms with van der Waals surface area (Å²) in [4.78, 5) is 14.6. The van der Waals surface area contributed by atoms with E-state index in [9.17, 15) is 10.1 Å². The molecule has 5 nitrogen and oxygen atoms in total. The fourth-order valence-corrected chi connectivity index (χ4v) is 4.12. The Morgan fingerprint density at radius 1 is 1.17 bits per heavy atom. The first-order chi connectivity index (χ1) is 14.6. The summed E-state index contributed by atoms with van der Waals surface area (Å²) in [7, 11) is 0. The summed E-state index contributed by atoms with van der Waals surface area (Å²) < 4.78 is 7.26. The van der Waals surface area contributed by atoms with Gasteiger partial charge in [0.2, 0.25) is 5.91 Å². The Hall–Kier alpha value is -2.78. The number of ether oxygens (including phenoxy) is 1. The molecule has 0 unspecified atom stereocenters. The Balaban J connectivity index is 1.72. The summed E-state index contributed by atoms with van der Waals surface area (Å²) in [5.74, 6) is 0.0517. The van der Waals surface area contributed by atoms with E-state index in [-0.39, 0.29) is 12.5 Å². The van der Waals surface area contributed by atoms with Crippen LogP contribution >= 0.6 is 23.2 Å². The number of nitriles is 1. The number of amides is 1. The molecule has 4 rings (SSSR count). The van der Waals surface area contributed by atoms with Crippen molar-refractivity contribution in [2.75, 3.05) is 26.3 Å².